The van der Waals surface area contributed by atoms with Crippen LogP contribution in [0.1, 0.15) is 40.5 Å². The Morgan fingerprint density at radius 2 is 1.73 bits per heavy atom. The van der Waals surface area contributed by atoms with Gasteiger partial charge in [-0.25, -0.2) is 9.59 Å². The van der Waals surface area contributed by atoms with Crippen molar-refractivity contribution < 1.29 is 78.2 Å². The van der Waals surface area contributed by atoms with Crippen LogP contribution in [0.25, 0.3) is 0 Å². The summed E-state index contributed by atoms with van der Waals surface area (Å²) in [4.78, 5) is 54.0. The molecule has 5 fully saturated rings. The van der Waals surface area contributed by atoms with E-state index in [4.69, 9.17) is 28.4 Å². The molecule has 48 heavy (non-hydrogen) atoms. The number of carbonyl (C=O) groups is 4. The average molecular weight is 685 g/mol. The van der Waals surface area contributed by atoms with E-state index in [0.29, 0.717) is 0 Å². The summed E-state index contributed by atoms with van der Waals surface area (Å²) in [5, 5.41) is 64.6. The number of Topliss-reactive ketones (excluding diaryl/α,β-unsaturated/α-hetero) is 1. The summed E-state index contributed by atoms with van der Waals surface area (Å²) in [5.41, 5.74) is -5.03. The quantitative estimate of drug-likeness (QED) is 0.122. The largest absolute Gasteiger partial charge is 0.467 e. The number of hydrogen-bond donors (Lipinski definition) is 6. The number of ketones is 1. The number of allylic oxidation sites excluding steroid dienone is 2. The lowest BCUT2D eigenvalue weighted by Gasteiger charge is -2.67. The van der Waals surface area contributed by atoms with Crippen molar-refractivity contribution in [3.05, 3.63) is 11.8 Å². The van der Waals surface area contributed by atoms with Crippen molar-refractivity contribution in [3.8, 4) is 0 Å². The Kier molecular flexibility index (Phi) is 8.76. The Morgan fingerprint density at radius 3 is 2.35 bits per heavy atom. The summed E-state index contributed by atoms with van der Waals surface area (Å²) in [6, 6.07) is 0. The van der Waals surface area contributed by atoms with Crippen LogP contribution in [0.15, 0.2) is 11.8 Å². The zero-order chi connectivity index (χ0) is 35.2. The fourth-order valence-electron chi connectivity index (χ4n) is 9.70. The molecule has 0 amide bonds. The van der Waals surface area contributed by atoms with Crippen LogP contribution in [0, 0.1) is 40.4 Å². The van der Waals surface area contributed by atoms with Gasteiger partial charge in [-0.3, -0.25) is 9.59 Å². The first-order valence-electron chi connectivity index (χ1n) is 16.2. The second-order valence-corrected chi connectivity index (χ2v) is 14.7. The lowest BCUT2D eigenvalue weighted by Crippen LogP contribution is -2.79. The van der Waals surface area contributed by atoms with E-state index in [0.717, 1.165) is 7.11 Å². The Hall–Kier alpha value is -2.70. The molecule has 1 spiro atoms. The molecule has 16 atom stereocenters. The number of rotatable bonds is 7. The van der Waals surface area contributed by atoms with Gasteiger partial charge < -0.3 is 59.1 Å². The molecule has 2 bridgehead atoms. The topological polar surface area (TPSA) is 245 Å². The van der Waals surface area contributed by atoms with Gasteiger partial charge in [-0.05, 0) is 29.7 Å². The summed E-state index contributed by atoms with van der Waals surface area (Å²) in [6.07, 6.45) is -13.3. The summed E-state index contributed by atoms with van der Waals surface area (Å²) in [7, 11) is 1.06. The minimum atomic E-state index is -2.32. The van der Waals surface area contributed by atoms with Crippen LogP contribution < -0.4 is 0 Å². The Bertz CT molecular complexity index is 1380. The SMILES string of the molecule is COC(=O)C12OC[C@]34[C@H]([C@@H](O)[C@@H]1O)[C@@]1(C)C=C(O[C@@H]5O[C@H](CO)[C@@H](O)[C@H](O)[C@H]5O)C(=O)C(C)[C@@H]1C[C@H]3OC(=O)[C@H](OC(=O)CC(C)C)[C@@H]24. The summed E-state index contributed by atoms with van der Waals surface area (Å²) in [5.74, 6) is -7.71. The lowest BCUT2D eigenvalue weighted by molar-refractivity contribution is -0.296. The van der Waals surface area contributed by atoms with Crippen molar-refractivity contribution in [3.63, 3.8) is 0 Å². The summed E-state index contributed by atoms with van der Waals surface area (Å²) < 4.78 is 34.2. The van der Waals surface area contributed by atoms with Crippen LogP contribution in [-0.4, -0.2) is 135 Å². The monoisotopic (exact) mass is 684 g/mol. The van der Waals surface area contributed by atoms with Crippen LogP contribution in [0.5, 0.6) is 0 Å². The molecule has 16 nitrogen and oxygen atoms in total. The van der Waals surface area contributed by atoms with Crippen molar-refractivity contribution >= 4 is 23.7 Å². The molecule has 3 saturated heterocycles. The maximum atomic E-state index is 13.8. The molecule has 0 aromatic carbocycles. The van der Waals surface area contributed by atoms with E-state index in [1.807, 2.05) is 0 Å². The molecule has 16 heteroatoms. The third-order valence-corrected chi connectivity index (χ3v) is 11.7. The second-order valence-electron chi connectivity index (χ2n) is 14.7. The van der Waals surface area contributed by atoms with Crippen LogP contribution in [0.3, 0.4) is 0 Å². The third-order valence-electron chi connectivity index (χ3n) is 11.7. The molecular formula is C32H44O16. The number of carbonyl (C=O) groups excluding carboxylic acids is 4. The minimum Gasteiger partial charge on any atom is -0.467 e. The van der Waals surface area contributed by atoms with Crippen molar-refractivity contribution in [1.29, 1.82) is 0 Å². The molecule has 0 aromatic heterocycles. The predicted octanol–water partition coefficient (Wildman–Crippen LogP) is -2.29. The maximum Gasteiger partial charge on any atom is 0.348 e. The molecule has 6 N–H and O–H groups in total. The highest BCUT2D eigenvalue weighted by atomic mass is 16.7. The van der Waals surface area contributed by atoms with Crippen molar-refractivity contribution in [2.24, 2.45) is 40.4 Å². The van der Waals surface area contributed by atoms with E-state index in [9.17, 15) is 49.8 Å². The van der Waals surface area contributed by atoms with Crippen LogP contribution in [-0.2, 0) is 47.6 Å². The molecule has 2 saturated carbocycles. The van der Waals surface area contributed by atoms with E-state index >= 15 is 0 Å². The molecular weight excluding hydrogens is 640 g/mol. The molecule has 6 rings (SSSR count). The number of aliphatic hydroxyl groups excluding tert-OH is 6. The van der Waals surface area contributed by atoms with Crippen LogP contribution >= 0.6 is 0 Å². The van der Waals surface area contributed by atoms with Crippen molar-refractivity contribution in [2.45, 2.75) is 101 Å². The van der Waals surface area contributed by atoms with E-state index in [-0.39, 0.29) is 31.1 Å². The molecule has 0 radical (unpaired) electrons. The molecule has 6 aliphatic rings. The summed E-state index contributed by atoms with van der Waals surface area (Å²) in [6.45, 7) is 5.84. The standard InChI is InChI=1S/C32H44O16/c1-11(2)6-17(34)48-23-25-31-10-44-32(25,29(42)43-5)26(40)22(39)24(31)30(4)8-14(18(35)12(3)13(30)7-16(31)47-27(23)41)45-28-21(38)20(37)19(36)15(9-33)46-28/h8,11-13,15-16,19-26,28,33,36-40H,6-7,9-10H2,1-5H3/t12?,13-,15+,16+,19+,20-,21+,22+,23+,24+,25+,26-,28+,30-,31+,32?/m0/s1. The molecule has 0 aromatic rings. The number of ether oxygens (including phenoxy) is 6. The zero-order valence-corrected chi connectivity index (χ0v) is 27.3. The van der Waals surface area contributed by atoms with Gasteiger partial charge in [0.25, 0.3) is 0 Å². The number of aliphatic hydroxyl groups is 6. The maximum absolute atomic E-state index is 13.8. The van der Waals surface area contributed by atoms with Crippen molar-refractivity contribution in [1.82, 2.24) is 0 Å². The van der Waals surface area contributed by atoms with Gasteiger partial charge in [0.05, 0.1) is 32.3 Å². The first-order chi connectivity index (χ1) is 22.5. The van der Waals surface area contributed by atoms with Crippen LogP contribution in [0.2, 0.25) is 0 Å². The zero-order valence-electron chi connectivity index (χ0n) is 27.3. The second kappa shape index (κ2) is 12.0. The summed E-state index contributed by atoms with van der Waals surface area (Å²) >= 11 is 0. The van der Waals surface area contributed by atoms with Crippen molar-refractivity contribution in [2.75, 3.05) is 20.3 Å². The molecule has 3 heterocycles. The van der Waals surface area contributed by atoms with Gasteiger partial charge in [-0.15, -0.1) is 0 Å². The first kappa shape index (κ1) is 35.1. The van der Waals surface area contributed by atoms with Gasteiger partial charge in [-0.1, -0.05) is 27.7 Å². The van der Waals surface area contributed by atoms with Gasteiger partial charge in [0.2, 0.25) is 18.0 Å². The fourth-order valence-corrected chi connectivity index (χ4v) is 9.70. The molecule has 268 valence electrons. The highest BCUT2D eigenvalue weighted by molar-refractivity contribution is 5.96. The van der Waals surface area contributed by atoms with Gasteiger partial charge in [0.15, 0.2) is 11.5 Å². The number of methoxy groups -OCH3 is 1. The highest BCUT2D eigenvalue weighted by Crippen LogP contribution is 2.72. The Labute approximate surface area is 275 Å². The smallest absolute Gasteiger partial charge is 0.348 e. The van der Waals surface area contributed by atoms with Gasteiger partial charge in [0, 0.05) is 23.7 Å². The minimum absolute atomic E-state index is 0.0576. The van der Waals surface area contributed by atoms with E-state index < -0.39 is 126 Å². The predicted molar refractivity (Wildman–Crippen MR) is 155 cm³/mol. The van der Waals surface area contributed by atoms with Gasteiger partial charge in [0.1, 0.15) is 36.6 Å². The van der Waals surface area contributed by atoms with Crippen LogP contribution in [0.4, 0.5) is 0 Å². The van der Waals surface area contributed by atoms with E-state index in [1.54, 1.807) is 27.7 Å². The molecule has 3 aliphatic carbocycles. The number of hydrogen-bond acceptors (Lipinski definition) is 16. The normalized spacial score (nSPS) is 49.3. The molecule has 3 aliphatic heterocycles. The Balaban J connectivity index is 1.47. The van der Waals surface area contributed by atoms with Gasteiger partial charge >= 0.3 is 17.9 Å². The molecule has 2 unspecified atom stereocenters. The van der Waals surface area contributed by atoms with E-state index in [1.165, 1.54) is 6.08 Å². The average Bonchev–Trinajstić information content (AvgIpc) is 3.34. The Morgan fingerprint density at radius 1 is 1.04 bits per heavy atom. The number of esters is 3. The lowest BCUT2D eigenvalue weighted by atomic mass is 9.38. The fraction of sp³-hybridized carbons (Fsp3) is 0.812. The number of fused-ring (bicyclic) bond motifs is 2. The highest BCUT2D eigenvalue weighted by Gasteiger charge is 2.85. The third kappa shape index (κ3) is 4.63. The van der Waals surface area contributed by atoms with Gasteiger partial charge in [-0.2, -0.15) is 0 Å². The van der Waals surface area contributed by atoms with E-state index in [2.05, 4.69) is 0 Å². The first-order valence-corrected chi connectivity index (χ1v) is 16.2.